The second-order valence-corrected chi connectivity index (χ2v) is 2.81. The third-order valence-electron chi connectivity index (χ3n) is 1.83. The summed E-state index contributed by atoms with van der Waals surface area (Å²) in [6, 6.07) is 1.70. The van der Waals surface area contributed by atoms with Gasteiger partial charge in [-0.05, 0) is 19.9 Å². The third kappa shape index (κ3) is 1.89. The van der Waals surface area contributed by atoms with E-state index in [1.807, 2.05) is 0 Å². The molecule has 0 radical (unpaired) electrons. The van der Waals surface area contributed by atoms with Crippen LogP contribution in [0.25, 0.3) is 0 Å². The monoisotopic (exact) mass is 183 g/mol. The molecule has 1 heterocycles. The molecule has 0 bridgehead atoms. The van der Waals surface area contributed by atoms with Gasteiger partial charge in [0.15, 0.2) is 0 Å². The molecule has 0 aliphatic carbocycles. The van der Waals surface area contributed by atoms with E-state index in [2.05, 4.69) is 0 Å². The van der Waals surface area contributed by atoms with Crippen molar-refractivity contribution in [2.75, 3.05) is 14.2 Å². The lowest BCUT2D eigenvalue weighted by Gasteiger charge is -2.12. The van der Waals surface area contributed by atoms with E-state index in [0.29, 0.717) is 11.3 Å². The van der Waals surface area contributed by atoms with Crippen molar-refractivity contribution in [1.82, 2.24) is 5.06 Å². The van der Waals surface area contributed by atoms with Crippen molar-refractivity contribution in [2.45, 2.75) is 13.8 Å². The average Bonchev–Trinajstić information content (AvgIpc) is 2.42. The number of hydrogen-bond donors (Lipinski definition) is 0. The zero-order valence-corrected chi connectivity index (χ0v) is 8.25. The molecular weight excluding hydrogens is 170 g/mol. The van der Waals surface area contributed by atoms with E-state index in [-0.39, 0.29) is 5.91 Å². The predicted molar refractivity (Wildman–Crippen MR) is 47.3 cm³/mol. The minimum absolute atomic E-state index is 0.197. The number of amides is 1. The molecule has 1 aromatic rings. The molecule has 0 saturated heterocycles. The van der Waals surface area contributed by atoms with Crippen molar-refractivity contribution in [3.05, 3.63) is 23.2 Å². The first-order valence-corrected chi connectivity index (χ1v) is 3.95. The highest BCUT2D eigenvalue weighted by Gasteiger charge is 2.17. The standard InChI is InChI=1S/C9H13NO3/c1-6-5-8(7(2)13-6)9(11)10(3)12-4/h5H,1-4H3. The molecule has 0 saturated carbocycles. The highest BCUT2D eigenvalue weighted by molar-refractivity contribution is 5.94. The highest BCUT2D eigenvalue weighted by atomic mass is 16.7. The summed E-state index contributed by atoms with van der Waals surface area (Å²) in [5.41, 5.74) is 0.543. The third-order valence-corrected chi connectivity index (χ3v) is 1.83. The van der Waals surface area contributed by atoms with E-state index in [9.17, 15) is 4.79 Å². The summed E-state index contributed by atoms with van der Waals surface area (Å²) in [6.07, 6.45) is 0. The van der Waals surface area contributed by atoms with Gasteiger partial charge in [-0.15, -0.1) is 0 Å². The van der Waals surface area contributed by atoms with Gasteiger partial charge in [0.25, 0.3) is 5.91 Å². The van der Waals surface area contributed by atoms with Gasteiger partial charge >= 0.3 is 0 Å². The molecule has 4 nitrogen and oxygen atoms in total. The molecule has 1 amide bonds. The highest BCUT2D eigenvalue weighted by Crippen LogP contribution is 2.15. The Bertz CT molecular complexity index is 317. The molecule has 13 heavy (non-hydrogen) atoms. The average molecular weight is 183 g/mol. The van der Waals surface area contributed by atoms with Crippen molar-refractivity contribution < 1.29 is 14.0 Å². The van der Waals surface area contributed by atoms with Crippen LogP contribution in [0, 0.1) is 13.8 Å². The van der Waals surface area contributed by atoms with Gasteiger partial charge in [0.05, 0.1) is 12.7 Å². The second-order valence-electron chi connectivity index (χ2n) is 2.81. The molecule has 1 rings (SSSR count). The number of carbonyl (C=O) groups excluding carboxylic acids is 1. The maximum Gasteiger partial charge on any atom is 0.280 e. The van der Waals surface area contributed by atoms with Gasteiger partial charge in [-0.2, -0.15) is 0 Å². The van der Waals surface area contributed by atoms with Crippen LogP contribution in [-0.4, -0.2) is 25.1 Å². The maximum atomic E-state index is 11.6. The smallest absolute Gasteiger partial charge is 0.280 e. The fourth-order valence-electron chi connectivity index (χ4n) is 1.10. The summed E-state index contributed by atoms with van der Waals surface area (Å²) >= 11 is 0. The first-order valence-electron chi connectivity index (χ1n) is 3.95. The van der Waals surface area contributed by atoms with Gasteiger partial charge in [0, 0.05) is 7.05 Å². The number of carbonyl (C=O) groups is 1. The Morgan fingerprint density at radius 1 is 1.54 bits per heavy atom. The van der Waals surface area contributed by atoms with E-state index in [4.69, 9.17) is 9.25 Å². The van der Waals surface area contributed by atoms with E-state index >= 15 is 0 Å². The summed E-state index contributed by atoms with van der Waals surface area (Å²) in [6.45, 7) is 3.56. The number of aryl methyl sites for hydroxylation is 2. The molecule has 0 unspecified atom stereocenters. The quantitative estimate of drug-likeness (QED) is 0.653. The fraction of sp³-hybridized carbons (Fsp3) is 0.444. The lowest BCUT2D eigenvalue weighted by Crippen LogP contribution is -2.25. The second kappa shape index (κ2) is 3.62. The summed E-state index contributed by atoms with van der Waals surface area (Å²) in [5.74, 6) is 1.15. The maximum absolute atomic E-state index is 11.6. The van der Waals surface area contributed by atoms with Crippen molar-refractivity contribution in [1.29, 1.82) is 0 Å². The Hall–Kier alpha value is -1.29. The Balaban J connectivity index is 2.94. The van der Waals surface area contributed by atoms with Crippen LogP contribution >= 0.6 is 0 Å². The molecule has 72 valence electrons. The number of rotatable bonds is 2. The zero-order valence-electron chi connectivity index (χ0n) is 8.25. The van der Waals surface area contributed by atoms with Gasteiger partial charge in [0.1, 0.15) is 11.5 Å². The lowest BCUT2D eigenvalue weighted by atomic mass is 10.2. The van der Waals surface area contributed by atoms with Crippen LogP contribution in [0.15, 0.2) is 10.5 Å². The SMILES string of the molecule is CON(C)C(=O)c1cc(C)oc1C. The molecule has 0 spiro atoms. The van der Waals surface area contributed by atoms with Crippen molar-refractivity contribution in [3.63, 3.8) is 0 Å². The molecule has 0 aliphatic heterocycles. The Kier molecular flexibility index (Phi) is 2.72. The number of hydrogen-bond acceptors (Lipinski definition) is 3. The van der Waals surface area contributed by atoms with Gasteiger partial charge in [-0.3, -0.25) is 9.63 Å². The van der Waals surface area contributed by atoms with Gasteiger partial charge < -0.3 is 4.42 Å². The Morgan fingerprint density at radius 2 is 2.15 bits per heavy atom. The Morgan fingerprint density at radius 3 is 2.54 bits per heavy atom. The molecule has 0 aliphatic rings. The van der Waals surface area contributed by atoms with Crippen molar-refractivity contribution >= 4 is 5.91 Å². The van der Waals surface area contributed by atoms with Gasteiger partial charge in [-0.1, -0.05) is 0 Å². The number of nitrogens with zero attached hydrogens (tertiary/aromatic N) is 1. The van der Waals surface area contributed by atoms with Crippen LogP contribution in [0.4, 0.5) is 0 Å². The normalized spacial score (nSPS) is 10.2. The number of hydroxylamine groups is 2. The molecule has 0 aromatic carbocycles. The lowest BCUT2D eigenvalue weighted by molar-refractivity contribution is -0.0757. The van der Waals surface area contributed by atoms with E-state index in [1.165, 1.54) is 7.11 Å². The van der Waals surface area contributed by atoms with Crippen LogP contribution < -0.4 is 0 Å². The van der Waals surface area contributed by atoms with E-state index in [0.717, 1.165) is 10.8 Å². The summed E-state index contributed by atoms with van der Waals surface area (Å²) in [4.78, 5) is 16.3. The molecular formula is C9H13NO3. The first kappa shape index (κ1) is 9.80. The van der Waals surface area contributed by atoms with E-state index in [1.54, 1.807) is 27.0 Å². The summed E-state index contributed by atoms with van der Waals surface area (Å²) < 4.78 is 5.23. The largest absolute Gasteiger partial charge is 0.466 e. The Labute approximate surface area is 77.0 Å². The van der Waals surface area contributed by atoms with Crippen LogP contribution in [0.1, 0.15) is 21.9 Å². The van der Waals surface area contributed by atoms with Crippen molar-refractivity contribution in [2.24, 2.45) is 0 Å². The summed E-state index contributed by atoms with van der Waals surface area (Å²) in [7, 11) is 3.00. The van der Waals surface area contributed by atoms with Crippen LogP contribution in [0.5, 0.6) is 0 Å². The fourth-order valence-corrected chi connectivity index (χ4v) is 1.10. The molecule has 4 heteroatoms. The summed E-state index contributed by atoms with van der Waals surface area (Å²) in [5, 5.41) is 1.16. The molecule has 0 fully saturated rings. The van der Waals surface area contributed by atoms with Gasteiger partial charge in [0.2, 0.25) is 0 Å². The minimum Gasteiger partial charge on any atom is -0.466 e. The molecule has 0 N–H and O–H groups in total. The van der Waals surface area contributed by atoms with Crippen LogP contribution in [0.3, 0.4) is 0 Å². The minimum atomic E-state index is -0.197. The topological polar surface area (TPSA) is 42.7 Å². The molecule has 0 atom stereocenters. The van der Waals surface area contributed by atoms with Crippen molar-refractivity contribution in [3.8, 4) is 0 Å². The van der Waals surface area contributed by atoms with Crippen LogP contribution in [-0.2, 0) is 4.84 Å². The number of furan rings is 1. The molecule has 1 aromatic heterocycles. The van der Waals surface area contributed by atoms with Crippen LogP contribution in [0.2, 0.25) is 0 Å². The predicted octanol–water partition coefficient (Wildman–Crippen LogP) is 1.53. The van der Waals surface area contributed by atoms with E-state index < -0.39 is 0 Å². The van der Waals surface area contributed by atoms with Gasteiger partial charge in [-0.25, -0.2) is 5.06 Å². The first-order chi connectivity index (χ1) is 6.06. The zero-order chi connectivity index (χ0) is 10.0.